The summed E-state index contributed by atoms with van der Waals surface area (Å²) in [6.45, 7) is 1.68. The van der Waals surface area contributed by atoms with Gasteiger partial charge in [-0.1, -0.05) is 35.0 Å². The number of hydrogen-bond donors (Lipinski definition) is 2. The molecule has 0 amide bonds. The summed E-state index contributed by atoms with van der Waals surface area (Å²) >= 11 is 3.39. The number of benzene rings is 1. The average molecular weight is 436 g/mol. The van der Waals surface area contributed by atoms with Gasteiger partial charge in [0.1, 0.15) is 6.10 Å². The summed E-state index contributed by atoms with van der Waals surface area (Å²) in [4.78, 5) is 2.98. The second-order valence-corrected chi connectivity index (χ2v) is 7.82. The van der Waals surface area contributed by atoms with Crippen molar-refractivity contribution in [1.82, 2.24) is 4.98 Å². The normalized spacial score (nSPS) is 32.6. The van der Waals surface area contributed by atoms with Gasteiger partial charge in [-0.2, -0.15) is 15.8 Å². The monoisotopic (exact) mass is 435 g/mol. The van der Waals surface area contributed by atoms with Crippen molar-refractivity contribution in [3.63, 3.8) is 0 Å². The van der Waals surface area contributed by atoms with Gasteiger partial charge < -0.3 is 14.5 Å². The number of aromatic amines is 1. The van der Waals surface area contributed by atoms with Crippen LogP contribution in [0.15, 0.2) is 47.1 Å². The molecule has 4 atom stereocenters. The van der Waals surface area contributed by atoms with Crippen LogP contribution in [0.5, 0.6) is 0 Å². The molecular weight excluding hydrogens is 422 g/mol. The highest BCUT2D eigenvalue weighted by Gasteiger charge is 2.79. The first-order valence-electron chi connectivity index (χ1n) is 8.51. The van der Waals surface area contributed by atoms with E-state index in [1.54, 1.807) is 49.5 Å². The molecule has 2 saturated heterocycles. The SMILES string of the molecule is CC1C2(c3ccc(Br)cc3)OC(=N)C1(C#N)C(C#N)(C#N)C(c1ccc[nH]1)O2. The highest BCUT2D eigenvalue weighted by atomic mass is 79.9. The summed E-state index contributed by atoms with van der Waals surface area (Å²) in [7, 11) is 0. The van der Waals surface area contributed by atoms with Crippen molar-refractivity contribution in [2.24, 2.45) is 16.7 Å². The van der Waals surface area contributed by atoms with E-state index in [-0.39, 0.29) is 0 Å². The van der Waals surface area contributed by atoms with Gasteiger partial charge in [0.25, 0.3) is 0 Å². The summed E-state index contributed by atoms with van der Waals surface area (Å²) in [6.07, 6.45) is 0.537. The van der Waals surface area contributed by atoms with Crippen molar-refractivity contribution in [1.29, 1.82) is 21.2 Å². The largest absolute Gasteiger partial charge is 0.443 e. The molecule has 2 fully saturated rings. The van der Waals surface area contributed by atoms with Crippen LogP contribution in [0.2, 0.25) is 0 Å². The van der Waals surface area contributed by atoms with Gasteiger partial charge in [-0.3, -0.25) is 5.41 Å². The van der Waals surface area contributed by atoms with Crippen molar-refractivity contribution in [2.75, 3.05) is 0 Å². The lowest BCUT2D eigenvalue weighted by molar-refractivity contribution is -0.289. The third-order valence-electron chi connectivity index (χ3n) is 5.82. The predicted octanol–water partition coefficient (Wildman–Crippen LogP) is 3.89. The predicted molar refractivity (Wildman–Crippen MR) is 100 cm³/mol. The fraction of sp³-hybridized carbons (Fsp3) is 0.300. The number of nitrogens with zero attached hydrogens (tertiary/aromatic N) is 3. The van der Waals surface area contributed by atoms with Crippen LogP contribution in [-0.2, 0) is 15.3 Å². The van der Waals surface area contributed by atoms with E-state index in [0.29, 0.717) is 11.3 Å². The van der Waals surface area contributed by atoms with E-state index < -0.39 is 34.5 Å². The fourth-order valence-electron chi connectivity index (χ4n) is 4.34. The van der Waals surface area contributed by atoms with Gasteiger partial charge in [0.2, 0.25) is 17.1 Å². The molecule has 0 saturated carbocycles. The summed E-state index contributed by atoms with van der Waals surface area (Å²) in [6, 6.07) is 16.7. The zero-order valence-electron chi connectivity index (χ0n) is 14.7. The Kier molecular flexibility index (Phi) is 3.87. The molecular formula is C20H14BrN5O2. The van der Waals surface area contributed by atoms with E-state index in [1.807, 2.05) is 12.1 Å². The number of ether oxygens (including phenoxy) is 2. The number of fused-ring (bicyclic) bond motifs is 2. The molecule has 3 heterocycles. The Labute approximate surface area is 169 Å². The number of nitriles is 3. The minimum absolute atomic E-state index is 0.428. The lowest BCUT2D eigenvalue weighted by atomic mass is 9.54. The number of rotatable bonds is 2. The van der Waals surface area contributed by atoms with E-state index in [1.165, 1.54) is 0 Å². The quantitative estimate of drug-likeness (QED) is 0.738. The van der Waals surface area contributed by atoms with E-state index in [4.69, 9.17) is 14.9 Å². The van der Waals surface area contributed by atoms with Crippen molar-refractivity contribution < 1.29 is 9.47 Å². The van der Waals surface area contributed by atoms with E-state index in [2.05, 4.69) is 27.0 Å². The first kappa shape index (κ1) is 18.3. The third kappa shape index (κ3) is 1.90. The first-order chi connectivity index (χ1) is 13.4. The Morgan fingerprint density at radius 1 is 1.11 bits per heavy atom. The van der Waals surface area contributed by atoms with Crippen LogP contribution in [0, 0.1) is 56.2 Å². The molecule has 2 bridgehead atoms. The van der Waals surface area contributed by atoms with Gasteiger partial charge in [0.05, 0.1) is 24.1 Å². The zero-order chi connectivity index (χ0) is 20.2. The summed E-state index contributed by atoms with van der Waals surface area (Å²) < 4.78 is 13.1. The Balaban J connectivity index is 2.04. The summed E-state index contributed by atoms with van der Waals surface area (Å²) in [5, 5.41) is 38.8. The maximum Gasteiger partial charge on any atom is 0.244 e. The van der Waals surface area contributed by atoms with Crippen LogP contribution in [-0.4, -0.2) is 10.9 Å². The Bertz CT molecular complexity index is 1060. The second-order valence-electron chi connectivity index (χ2n) is 6.90. The van der Waals surface area contributed by atoms with Gasteiger partial charge in [-0.25, -0.2) is 0 Å². The minimum atomic E-state index is -1.96. The number of H-pyrrole nitrogens is 1. The molecule has 8 heteroatoms. The maximum atomic E-state index is 10.2. The standard InChI is InChI=1S/C20H14BrN5O2/c1-12-19(11-24)17(25)28-20(12,13-4-6-14(21)7-5-13)27-16(15-3-2-8-26-15)18(19,9-22)10-23/h2-8,12,16,25-26H,1H3. The molecule has 2 aromatic rings. The number of halogens is 1. The third-order valence-corrected chi connectivity index (χ3v) is 6.35. The van der Waals surface area contributed by atoms with Gasteiger partial charge in [0.15, 0.2) is 5.41 Å². The smallest absolute Gasteiger partial charge is 0.244 e. The molecule has 4 unspecified atom stereocenters. The zero-order valence-corrected chi connectivity index (χ0v) is 16.3. The van der Waals surface area contributed by atoms with Gasteiger partial charge >= 0.3 is 0 Å². The van der Waals surface area contributed by atoms with Crippen LogP contribution in [0.1, 0.15) is 24.3 Å². The molecule has 138 valence electrons. The molecule has 0 radical (unpaired) electrons. The van der Waals surface area contributed by atoms with Crippen LogP contribution in [0.25, 0.3) is 0 Å². The Hall–Kier alpha value is -3.12. The summed E-state index contributed by atoms with van der Waals surface area (Å²) in [5.74, 6) is -2.67. The number of nitrogens with one attached hydrogen (secondary N) is 2. The van der Waals surface area contributed by atoms with E-state index in [0.717, 1.165) is 4.47 Å². The highest BCUT2D eigenvalue weighted by molar-refractivity contribution is 9.10. The van der Waals surface area contributed by atoms with Crippen molar-refractivity contribution in [3.8, 4) is 18.2 Å². The Morgan fingerprint density at radius 3 is 2.32 bits per heavy atom. The number of hydrogen-bond acceptors (Lipinski definition) is 6. The van der Waals surface area contributed by atoms with Crippen molar-refractivity contribution >= 4 is 21.8 Å². The van der Waals surface area contributed by atoms with Gasteiger partial charge in [-0.05, 0) is 24.3 Å². The molecule has 1 aromatic heterocycles. The fourth-order valence-corrected chi connectivity index (χ4v) is 4.60. The molecule has 0 spiro atoms. The molecule has 2 N–H and O–H groups in total. The van der Waals surface area contributed by atoms with Crippen LogP contribution >= 0.6 is 15.9 Å². The van der Waals surface area contributed by atoms with E-state index >= 15 is 0 Å². The lowest BCUT2D eigenvalue weighted by Gasteiger charge is -2.48. The van der Waals surface area contributed by atoms with Crippen molar-refractivity contribution in [3.05, 3.63) is 58.3 Å². The topological polar surface area (TPSA) is 129 Å². The molecule has 7 nitrogen and oxygen atoms in total. The molecule has 1 aromatic carbocycles. The van der Waals surface area contributed by atoms with Crippen molar-refractivity contribution in [2.45, 2.75) is 18.8 Å². The lowest BCUT2D eigenvalue weighted by Crippen LogP contribution is -2.57. The second kappa shape index (κ2) is 5.94. The average Bonchev–Trinajstić information content (AvgIpc) is 3.28. The molecule has 2 aliphatic rings. The van der Waals surface area contributed by atoms with Crippen LogP contribution in [0.4, 0.5) is 0 Å². The van der Waals surface area contributed by atoms with Crippen LogP contribution < -0.4 is 0 Å². The van der Waals surface area contributed by atoms with Gasteiger partial charge in [0, 0.05) is 21.9 Å². The molecule has 2 aliphatic heterocycles. The summed E-state index contributed by atoms with van der Waals surface area (Å²) in [5.41, 5.74) is -2.68. The molecule has 4 rings (SSSR count). The first-order valence-corrected chi connectivity index (χ1v) is 9.30. The van der Waals surface area contributed by atoms with Crippen LogP contribution in [0.3, 0.4) is 0 Å². The maximum absolute atomic E-state index is 10.2. The molecule has 0 aliphatic carbocycles. The van der Waals surface area contributed by atoms with Gasteiger partial charge in [-0.15, -0.1) is 0 Å². The Morgan fingerprint density at radius 2 is 1.79 bits per heavy atom. The number of aromatic nitrogens is 1. The molecule has 28 heavy (non-hydrogen) atoms. The minimum Gasteiger partial charge on any atom is -0.443 e. The highest BCUT2D eigenvalue weighted by Crippen LogP contribution is 2.68. The van der Waals surface area contributed by atoms with E-state index in [9.17, 15) is 15.8 Å².